The lowest BCUT2D eigenvalue weighted by Gasteiger charge is -2.32. The highest BCUT2D eigenvalue weighted by molar-refractivity contribution is 5.76. The van der Waals surface area contributed by atoms with Gasteiger partial charge in [-0.3, -0.25) is 14.6 Å². The standard InChI is InChI=1S/C16H23N5O/c1-12-10-13(2)21(19-12)9-6-16(22)20-8-3-4-14(11-20)15-5-7-17-18-15/h5,7,10,14H,3-4,6,8-9,11H2,1-2H3,(H,17,18). The lowest BCUT2D eigenvalue weighted by molar-refractivity contribution is -0.132. The van der Waals surface area contributed by atoms with E-state index in [1.807, 2.05) is 35.6 Å². The second-order valence-corrected chi connectivity index (χ2v) is 6.09. The number of nitrogens with one attached hydrogen (secondary N) is 1. The Kier molecular flexibility index (Phi) is 4.27. The summed E-state index contributed by atoms with van der Waals surface area (Å²) in [4.78, 5) is 14.5. The molecule has 0 bridgehead atoms. The quantitative estimate of drug-likeness (QED) is 0.939. The first kappa shape index (κ1) is 14.8. The Morgan fingerprint density at radius 3 is 3.00 bits per heavy atom. The van der Waals surface area contributed by atoms with Crippen LogP contribution in [0.4, 0.5) is 0 Å². The van der Waals surface area contributed by atoms with Gasteiger partial charge in [-0.2, -0.15) is 10.2 Å². The van der Waals surface area contributed by atoms with E-state index >= 15 is 0 Å². The third-order valence-electron chi connectivity index (χ3n) is 4.38. The Bertz CT molecular complexity index is 631. The van der Waals surface area contributed by atoms with Gasteiger partial charge in [-0.15, -0.1) is 0 Å². The Balaban J connectivity index is 1.56. The molecule has 0 aromatic carbocycles. The largest absolute Gasteiger partial charge is 0.342 e. The fourth-order valence-electron chi connectivity index (χ4n) is 3.21. The molecule has 0 spiro atoms. The van der Waals surface area contributed by atoms with E-state index in [0.717, 1.165) is 43.0 Å². The number of carbonyl (C=O) groups is 1. The number of aryl methyl sites for hydroxylation is 3. The van der Waals surface area contributed by atoms with Gasteiger partial charge in [-0.1, -0.05) is 0 Å². The van der Waals surface area contributed by atoms with E-state index in [1.54, 1.807) is 6.20 Å². The van der Waals surface area contributed by atoms with Crippen LogP contribution in [0.2, 0.25) is 0 Å². The average Bonchev–Trinajstić information content (AvgIpc) is 3.15. The van der Waals surface area contributed by atoms with E-state index in [0.29, 0.717) is 18.9 Å². The summed E-state index contributed by atoms with van der Waals surface area (Å²) < 4.78 is 1.92. The molecule has 1 fully saturated rings. The zero-order valence-electron chi connectivity index (χ0n) is 13.2. The van der Waals surface area contributed by atoms with Crippen LogP contribution in [0.25, 0.3) is 0 Å². The molecule has 1 saturated heterocycles. The summed E-state index contributed by atoms with van der Waals surface area (Å²) in [6, 6.07) is 4.05. The zero-order valence-corrected chi connectivity index (χ0v) is 13.2. The predicted octanol–water partition coefficient (Wildman–Crippen LogP) is 2.02. The maximum atomic E-state index is 12.5. The molecule has 3 heterocycles. The Morgan fingerprint density at radius 2 is 2.32 bits per heavy atom. The van der Waals surface area contributed by atoms with E-state index in [1.165, 1.54) is 0 Å². The topological polar surface area (TPSA) is 66.8 Å². The second kappa shape index (κ2) is 6.34. The molecular weight excluding hydrogens is 278 g/mol. The van der Waals surface area contributed by atoms with Crippen LogP contribution in [0, 0.1) is 13.8 Å². The SMILES string of the molecule is Cc1cc(C)n(CCC(=O)N2CCCC(c3ccn[nH]3)C2)n1. The van der Waals surface area contributed by atoms with Gasteiger partial charge in [0.15, 0.2) is 0 Å². The zero-order chi connectivity index (χ0) is 15.5. The lowest BCUT2D eigenvalue weighted by atomic mass is 9.95. The molecule has 1 amide bonds. The molecule has 6 nitrogen and oxygen atoms in total. The summed E-state index contributed by atoms with van der Waals surface area (Å²) in [5, 5.41) is 11.5. The molecule has 1 aliphatic rings. The number of aromatic amines is 1. The molecule has 1 unspecified atom stereocenters. The molecular formula is C16H23N5O. The summed E-state index contributed by atoms with van der Waals surface area (Å²) >= 11 is 0. The molecule has 3 rings (SSSR count). The maximum absolute atomic E-state index is 12.5. The van der Waals surface area contributed by atoms with Crippen molar-refractivity contribution >= 4 is 5.91 Å². The number of aromatic nitrogens is 4. The number of rotatable bonds is 4. The van der Waals surface area contributed by atoms with Crippen LogP contribution in [0.3, 0.4) is 0 Å². The van der Waals surface area contributed by atoms with Crippen LogP contribution in [-0.2, 0) is 11.3 Å². The molecule has 118 valence electrons. The number of amides is 1. The minimum atomic E-state index is 0.219. The maximum Gasteiger partial charge on any atom is 0.224 e. The Labute approximate surface area is 130 Å². The van der Waals surface area contributed by atoms with Gasteiger partial charge in [0, 0.05) is 49.6 Å². The molecule has 2 aromatic rings. The van der Waals surface area contributed by atoms with Crippen LogP contribution < -0.4 is 0 Å². The van der Waals surface area contributed by atoms with Crippen molar-refractivity contribution in [3.05, 3.63) is 35.4 Å². The summed E-state index contributed by atoms with van der Waals surface area (Å²) in [5.41, 5.74) is 3.25. The van der Waals surface area contributed by atoms with Crippen molar-refractivity contribution in [3.63, 3.8) is 0 Å². The van der Waals surface area contributed by atoms with E-state index in [2.05, 4.69) is 15.3 Å². The highest BCUT2D eigenvalue weighted by Crippen LogP contribution is 2.25. The first-order valence-electron chi connectivity index (χ1n) is 7.91. The van der Waals surface area contributed by atoms with Crippen molar-refractivity contribution in [2.45, 2.75) is 45.6 Å². The Hall–Kier alpha value is -2.11. The van der Waals surface area contributed by atoms with Gasteiger partial charge in [0.1, 0.15) is 0 Å². The number of carbonyl (C=O) groups excluding carboxylic acids is 1. The van der Waals surface area contributed by atoms with E-state index in [9.17, 15) is 4.79 Å². The third kappa shape index (κ3) is 3.21. The average molecular weight is 301 g/mol. The minimum Gasteiger partial charge on any atom is -0.342 e. The van der Waals surface area contributed by atoms with Crippen molar-refractivity contribution in [1.29, 1.82) is 0 Å². The van der Waals surface area contributed by atoms with Crippen LogP contribution in [0.15, 0.2) is 18.3 Å². The first-order chi connectivity index (χ1) is 10.6. The number of nitrogens with zero attached hydrogens (tertiary/aromatic N) is 4. The number of piperidine rings is 1. The molecule has 2 aromatic heterocycles. The van der Waals surface area contributed by atoms with Gasteiger partial charge in [-0.05, 0) is 38.8 Å². The van der Waals surface area contributed by atoms with Crippen molar-refractivity contribution < 1.29 is 4.79 Å². The van der Waals surface area contributed by atoms with Crippen molar-refractivity contribution in [3.8, 4) is 0 Å². The molecule has 0 radical (unpaired) electrons. The summed E-state index contributed by atoms with van der Waals surface area (Å²) in [6.07, 6.45) is 4.45. The fraction of sp³-hybridized carbons (Fsp3) is 0.562. The molecule has 22 heavy (non-hydrogen) atoms. The smallest absolute Gasteiger partial charge is 0.224 e. The molecule has 0 aliphatic carbocycles. The third-order valence-corrected chi connectivity index (χ3v) is 4.38. The predicted molar refractivity (Wildman–Crippen MR) is 83.5 cm³/mol. The van der Waals surface area contributed by atoms with E-state index < -0.39 is 0 Å². The highest BCUT2D eigenvalue weighted by atomic mass is 16.2. The molecule has 1 N–H and O–H groups in total. The minimum absolute atomic E-state index is 0.219. The van der Waals surface area contributed by atoms with Crippen LogP contribution >= 0.6 is 0 Å². The van der Waals surface area contributed by atoms with Gasteiger partial charge in [0.05, 0.1) is 5.69 Å². The summed E-state index contributed by atoms with van der Waals surface area (Å²) in [6.45, 7) is 6.31. The van der Waals surface area contributed by atoms with Gasteiger partial charge < -0.3 is 4.90 Å². The van der Waals surface area contributed by atoms with Crippen LogP contribution in [0.5, 0.6) is 0 Å². The number of likely N-dealkylation sites (tertiary alicyclic amines) is 1. The number of hydrogen-bond donors (Lipinski definition) is 1. The monoisotopic (exact) mass is 301 g/mol. The van der Waals surface area contributed by atoms with E-state index in [4.69, 9.17) is 0 Å². The molecule has 1 aliphatic heterocycles. The molecule has 6 heteroatoms. The Morgan fingerprint density at radius 1 is 1.45 bits per heavy atom. The normalized spacial score (nSPS) is 18.6. The van der Waals surface area contributed by atoms with Crippen molar-refractivity contribution in [1.82, 2.24) is 24.9 Å². The van der Waals surface area contributed by atoms with Gasteiger partial charge in [0.25, 0.3) is 0 Å². The highest BCUT2D eigenvalue weighted by Gasteiger charge is 2.25. The first-order valence-corrected chi connectivity index (χ1v) is 7.91. The molecule has 0 saturated carbocycles. The number of H-pyrrole nitrogens is 1. The van der Waals surface area contributed by atoms with Gasteiger partial charge >= 0.3 is 0 Å². The van der Waals surface area contributed by atoms with Gasteiger partial charge in [0.2, 0.25) is 5.91 Å². The van der Waals surface area contributed by atoms with Crippen LogP contribution in [0.1, 0.15) is 42.3 Å². The summed E-state index contributed by atoms with van der Waals surface area (Å²) in [5.74, 6) is 0.602. The van der Waals surface area contributed by atoms with E-state index in [-0.39, 0.29) is 5.91 Å². The van der Waals surface area contributed by atoms with Crippen LogP contribution in [-0.4, -0.2) is 43.9 Å². The van der Waals surface area contributed by atoms with Gasteiger partial charge in [-0.25, -0.2) is 0 Å². The summed E-state index contributed by atoms with van der Waals surface area (Å²) in [7, 11) is 0. The fourth-order valence-corrected chi connectivity index (χ4v) is 3.21. The number of hydrogen-bond acceptors (Lipinski definition) is 3. The second-order valence-electron chi connectivity index (χ2n) is 6.09. The molecule has 1 atom stereocenters. The van der Waals surface area contributed by atoms with Crippen molar-refractivity contribution in [2.75, 3.05) is 13.1 Å². The lowest BCUT2D eigenvalue weighted by Crippen LogP contribution is -2.39. The van der Waals surface area contributed by atoms with Crippen molar-refractivity contribution in [2.24, 2.45) is 0 Å².